The molecule has 2 aromatic carbocycles. The van der Waals surface area contributed by atoms with Crippen LogP contribution in [0.2, 0.25) is 0 Å². The second-order valence-corrected chi connectivity index (χ2v) is 8.16. The summed E-state index contributed by atoms with van der Waals surface area (Å²) in [5.41, 5.74) is 2.10. The zero-order chi connectivity index (χ0) is 26.0. The summed E-state index contributed by atoms with van der Waals surface area (Å²) in [4.78, 5) is 29.3. The highest BCUT2D eigenvalue weighted by Crippen LogP contribution is 2.31. The third kappa shape index (κ3) is 5.51. The van der Waals surface area contributed by atoms with Gasteiger partial charge in [-0.15, -0.1) is 4.74 Å². The topological polar surface area (TPSA) is 103 Å². The van der Waals surface area contributed by atoms with E-state index < -0.39 is 23.2 Å². The lowest BCUT2D eigenvalue weighted by molar-refractivity contribution is -0.137. The Labute approximate surface area is 202 Å². The van der Waals surface area contributed by atoms with Crippen LogP contribution in [-0.2, 0) is 19.3 Å². The minimum Gasteiger partial charge on any atom is -0.487 e. The number of ether oxygens (including phenoxy) is 1. The van der Waals surface area contributed by atoms with Gasteiger partial charge in [-0.1, -0.05) is 12.1 Å². The standard InChI is InChI=1S/C25H22F3N3O5/c1-14(12-31-23(32)30-24(33)36-31)15(2)18-5-4-6-20(11-18)34-13-21-16(3)35-22(29-21)17-7-9-19(10-8-17)25(26,27)28/h4-11H,12-13H2,1-3H3,(H,30,32,33)/b15-14-. The number of allylic oxidation sites excluding steroid dienone is 2. The summed E-state index contributed by atoms with van der Waals surface area (Å²) in [6.07, 6.45) is -4.42. The van der Waals surface area contributed by atoms with Gasteiger partial charge in [0, 0.05) is 5.56 Å². The second kappa shape index (κ2) is 9.76. The van der Waals surface area contributed by atoms with Crippen molar-refractivity contribution >= 4 is 5.57 Å². The average molecular weight is 501 g/mol. The molecule has 0 atom stereocenters. The Morgan fingerprint density at radius 1 is 1.11 bits per heavy atom. The van der Waals surface area contributed by atoms with Gasteiger partial charge in [0.2, 0.25) is 5.89 Å². The predicted molar refractivity (Wildman–Crippen MR) is 124 cm³/mol. The van der Waals surface area contributed by atoms with E-state index in [1.54, 1.807) is 13.0 Å². The molecular weight excluding hydrogens is 479 g/mol. The number of rotatable bonds is 7. The SMILES string of the molecule is C/C(Cn1oc(=O)[nH]c1=O)=C(\C)c1cccc(OCc2nc(-c3ccc(C(F)(F)F)cc3)oc2C)c1. The van der Waals surface area contributed by atoms with Crippen LogP contribution in [0.5, 0.6) is 5.75 Å². The second-order valence-electron chi connectivity index (χ2n) is 8.16. The van der Waals surface area contributed by atoms with Crippen molar-refractivity contribution in [2.24, 2.45) is 0 Å². The lowest BCUT2D eigenvalue weighted by Gasteiger charge is -2.10. The summed E-state index contributed by atoms with van der Waals surface area (Å²) in [5.74, 6) is 0.440. The Morgan fingerprint density at radius 3 is 2.47 bits per heavy atom. The molecule has 2 aromatic heterocycles. The number of hydrogen-bond acceptors (Lipinski definition) is 6. The minimum atomic E-state index is -4.42. The first kappa shape index (κ1) is 24.8. The van der Waals surface area contributed by atoms with E-state index in [9.17, 15) is 22.8 Å². The van der Waals surface area contributed by atoms with E-state index in [4.69, 9.17) is 13.7 Å². The Bertz CT molecular complexity index is 1520. The number of aromatic amines is 1. The van der Waals surface area contributed by atoms with Gasteiger partial charge >= 0.3 is 17.6 Å². The van der Waals surface area contributed by atoms with Crippen molar-refractivity contribution in [2.75, 3.05) is 0 Å². The zero-order valence-electron chi connectivity index (χ0n) is 19.6. The van der Waals surface area contributed by atoms with Gasteiger partial charge in [0.25, 0.3) is 0 Å². The maximum Gasteiger partial charge on any atom is 0.440 e. The molecule has 0 saturated carbocycles. The number of benzene rings is 2. The number of nitrogens with zero attached hydrogens (tertiary/aromatic N) is 2. The number of aromatic nitrogens is 3. The van der Waals surface area contributed by atoms with Gasteiger partial charge in [0.15, 0.2) is 0 Å². The third-order valence-corrected chi connectivity index (χ3v) is 5.64. The van der Waals surface area contributed by atoms with Crippen LogP contribution in [-0.4, -0.2) is 14.7 Å². The Hall–Kier alpha value is -4.28. The molecule has 0 fully saturated rings. The maximum atomic E-state index is 12.8. The van der Waals surface area contributed by atoms with Gasteiger partial charge < -0.3 is 13.7 Å². The first-order valence-corrected chi connectivity index (χ1v) is 10.8. The first-order valence-electron chi connectivity index (χ1n) is 10.8. The van der Waals surface area contributed by atoms with Crippen LogP contribution in [0.4, 0.5) is 13.2 Å². The van der Waals surface area contributed by atoms with Crippen LogP contribution in [0.25, 0.3) is 17.0 Å². The molecule has 0 spiro atoms. The highest BCUT2D eigenvalue weighted by Gasteiger charge is 2.30. The minimum absolute atomic E-state index is 0.0884. The molecule has 8 nitrogen and oxygen atoms in total. The number of halogens is 3. The van der Waals surface area contributed by atoms with Crippen LogP contribution in [0, 0.1) is 6.92 Å². The number of aryl methyl sites for hydroxylation is 1. The maximum absolute atomic E-state index is 12.8. The fraction of sp³-hybridized carbons (Fsp3) is 0.240. The largest absolute Gasteiger partial charge is 0.487 e. The van der Waals surface area contributed by atoms with E-state index in [0.29, 0.717) is 22.8 Å². The predicted octanol–water partition coefficient (Wildman–Crippen LogP) is 5.18. The third-order valence-electron chi connectivity index (χ3n) is 5.64. The van der Waals surface area contributed by atoms with Crippen molar-refractivity contribution < 1.29 is 26.8 Å². The van der Waals surface area contributed by atoms with Crippen LogP contribution < -0.4 is 16.2 Å². The molecule has 0 aliphatic rings. The normalized spacial score (nSPS) is 12.5. The lowest BCUT2D eigenvalue weighted by atomic mass is 10.0. The van der Waals surface area contributed by atoms with Gasteiger partial charge in [0.05, 0.1) is 12.1 Å². The fourth-order valence-corrected chi connectivity index (χ4v) is 3.46. The molecule has 4 aromatic rings. The molecule has 1 N–H and O–H groups in total. The molecule has 0 radical (unpaired) electrons. The Morgan fingerprint density at radius 2 is 1.83 bits per heavy atom. The molecule has 0 saturated heterocycles. The number of alkyl halides is 3. The summed E-state index contributed by atoms with van der Waals surface area (Å²) in [6.45, 7) is 5.60. The molecule has 0 aliphatic heterocycles. The molecule has 4 rings (SSSR count). The van der Waals surface area contributed by atoms with Crippen LogP contribution in [0.1, 0.15) is 36.4 Å². The number of nitrogens with one attached hydrogen (secondary N) is 1. The van der Waals surface area contributed by atoms with E-state index in [1.807, 2.05) is 37.0 Å². The number of hydrogen-bond donors (Lipinski definition) is 1. The summed E-state index contributed by atoms with van der Waals surface area (Å²) in [5, 5.41) is 0. The monoisotopic (exact) mass is 501 g/mol. The summed E-state index contributed by atoms with van der Waals surface area (Å²) < 4.78 is 55.7. The van der Waals surface area contributed by atoms with Gasteiger partial charge in [0.1, 0.15) is 23.8 Å². The van der Waals surface area contributed by atoms with E-state index in [-0.39, 0.29) is 19.0 Å². The van der Waals surface area contributed by atoms with E-state index in [2.05, 4.69) is 4.98 Å². The molecule has 188 valence electrons. The number of oxazole rings is 1. The highest BCUT2D eigenvalue weighted by molar-refractivity contribution is 5.67. The quantitative estimate of drug-likeness (QED) is 0.374. The average Bonchev–Trinajstić information content (AvgIpc) is 3.37. The molecule has 2 heterocycles. The van der Waals surface area contributed by atoms with Crippen LogP contribution >= 0.6 is 0 Å². The smallest absolute Gasteiger partial charge is 0.440 e. The first-order chi connectivity index (χ1) is 17.0. The Kier molecular flexibility index (Phi) is 6.73. The van der Waals surface area contributed by atoms with Crippen LogP contribution in [0.3, 0.4) is 0 Å². The Balaban J connectivity index is 1.47. The van der Waals surface area contributed by atoms with Crippen molar-refractivity contribution in [1.29, 1.82) is 0 Å². The van der Waals surface area contributed by atoms with Gasteiger partial charge in [-0.2, -0.15) is 13.2 Å². The van der Waals surface area contributed by atoms with Gasteiger partial charge in [-0.25, -0.2) is 19.6 Å². The van der Waals surface area contributed by atoms with Crippen molar-refractivity contribution in [3.8, 4) is 17.2 Å². The van der Waals surface area contributed by atoms with E-state index >= 15 is 0 Å². The molecular formula is C25H22F3N3O5. The summed E-state index contributed by atoms with van der Waals surface area (Å²) >= 11 is 0. The summed E-state index contributed by atoms with van der Waals surface area (Å²) in [6, 6.07) is 11.9. The fourth-order valence-electron chi connectivity index (χ4n) is 3.46. The van der Waals surface area contributed by atoms with E-state index in [0.717, 1.165) is 33.6 Å². The van der Waals surface area contributed by atoms with Crippen molar-refractivity contribution in [3.05, 3.63) is 97.7 Å². The lowest BCUT2D eigenvalue weighted by Crippen LogP contribution is -2.17. The van der Waals surface area contributed by atoms with Crippen LogP contribution in [0.15, 0.2) is 72.6 Å². The van der Waals surface area contributed by atoms with Crippen molar-refractivity contribution in [2.45, 2.75) is 40.1 Å². The summed E-state index contributed by atoms with van der Waals surface area (Å²) in [7, 11) is 0. The molecule has 0 amide bonds. The molecule has 0 aliphatic carbocycles. The van der Waals surface area contributed by atoms with Crippen molar-refractivity contribution in [3.63, 3.8) is 0 Å². The molecule has 11 heteroatoms. The highest BCUT2D eigenvalue weighted by atomic mass is 19.4. The molecule has 36 heavy (non-hydrogen) atoms. The van der Waals surface area contributed by atoms with Gasteiger partial charge in [-0.05, 0) is 73.9 Å². The van der Waals surface area contributed by atoms with E-state index in [1.165, 1.54) is 12.1 Å². The van der Waals surface area contributed by atoms with Crippen molar-refractivity contribution in [1.82, 2.24) is 14.7 Å². The molecule has 0 unspecified atom stereocenters. The van der Waals surface area contributed by atoms with Gasteiger partial charge in [-0.3, -0.25) is 0 Å². The zero-order valence-corrected chi connectivity index (χ0v) is 19.6. The number of H-pyrrole nitrogens is 1. The molecule has 0 bridgehead atoms.